The molecule has 0 aliphatic carbocycles. The van der Waals surface area contributed by atoms with Gasteiger partial charge in [0.05, 0.1) is 28.3 Å². The number of carbonyl (C=O) groups is 1. The van der Waals surface area contributed by atoms with E-state index in [1.54, 1.807) is 17.0 Å². The summed E-state index contributed by atoms with van der Waals surface area (Å²) >= 11 is 0. The van der Waals surface area contributed by atoms with Crippen molar-refractivity contribution in [2.75, 3.05) is 0 Å². The van der Waals surface area contributed by atoms with Gasteiger partial charge in [-0.1, -0.05) is 61.0 Å². The van der Waals surface area contributed by atoms with Crippen LogP contribution in [-0.2, 0) is 11.3 Å². The number of aromatic nitrogens is 4. The molecule has 0 bridgehead atoms. The number of imidazole rings is 1. The number of hydrogen-bond donors (Lipinski definition) is 2. The van der Waals surface area contributed by atoms with Gasteiger partial charge in [0, 0.05) is 13.0 Å². The SMILES string of the molecule is O=C(CCCCCn1cnc2ccccc2c1=O)NC(c1ccccc1)c1nc2ccccc2[nH]1. The Labute approximate surface area is 202 Å². The van der Waals surface area contributed by atoms with Gasteiger partial charge in [0.2, 0.25) is 5.91 Å². The summed E-state index contributed by atoms with van der Waals surface area (Å²) in [7, 11) is 0. The summed E-state index contributed by atoms with van der Waals surface area (Å²) in [5.41, 5.74) is 3.48. The zero-order valence-corrected chi connectivity index (χ0v) is 19.4. The number of amides is 1. The fourth-order valence-electron chi connectivity index (χ4n) is 4.31. The molecular formula is C28H27N5O2. The minimum Gasteiger partial charge on any atom is -0.342 e. The molecular weight excluding hydrogens is 438 g/mol. The maximum absolute atomic E-state index is 12.8. The van der Waals surface area contributed by atoms with Crippen molar-refractivity contribution in [1.82, 2.24) is 24.8 Å². The summed E-state index contributed by atoms with van der Waals surface area (Å²) in [5.74, 6) is 0.692. The van der Waals surface area contributed by atoms with Crippen LogP contribution in [0.25, 0.3) is 21.9 Å². The molecule has 7 heteroatoms. The summed E-state index contributed by atoms with van der Waals surface area (Å²) < 4.78 is 1.65. The average Bonchev–Trinajstić information content (AvgIpc) is 3.33. The Hall–Kier alpha value is -4.26. The van der Waals surface area contributed by atoms with Crippen molar-refractivity contribution in [3.63, 3.8) is 0 Å². The number of aryl methyl sites for hydroxylation is 1. The van der Waals surface area contributed by atoms with Crippen LogP contribution in [0, 0.1) is 0 Å². The molecule has 0 saturated carbocycles. The maximum atomic E-state index is 12.8. The molecule has 5 aromatic rings. The van der Waals surface area contributed by atoms with Crippen molar-refractivity contribution in [1.29, 1.82) is 0 Å². The Kier molecular flexibility index (Phi) is 6.66. The van der Waals surface area contributed by atoms with Gasteiger partial charge in [-0.15, -0.1) is 0 Å². The van der Waals surface area contributed by atoms with Crippen molar-refractivity contribution in [3.8, 4) is 0 Å². The van der Waals surface area contributed by atoms with Gasteiger partial charge in [-0.05, 0) is 42.7 Å². The Balaban J connectivity index is 1.18. The van der Waals surface area contributed by atoms with E-state index in [4.69, 9.17) is 4.98 Å². The molecule has 7 nitrogen and oxygen atoms in total. The van der Waals surface area contributed by atoms with Crippen LogP contribution in [0.15, 0.2) is 90.0 Å². The smallest absolute Gasteiger partial charge is 0.261 e. The van der Waals surface area contributed by atoms with Crippen LogP contribution in [-0.4, -0.2) is 25.4 Å². The number of aromatic amines is 1. The molecule has 2 N–H and O–H groups in total. The number of unbranched alkanes of at least 4 members (excludes halogenated alkanes) is 2. The molecule has 0 fully saturated rings. The summed E-state index contributed by atoms with van der Waals surface area (Å²) in [6, 6.07) is 24.7. The number of H-pyrrole nitrogens is 1. The lowest BCUT2D eigenvalue weighted by molar-refractivity contribution is -0.121. The molecule has 1 atom stereocenters. The van der Waals surface area contributed by atoms with Gasteiger partial charge in [0.1, 0.15) is 11.9 Å². The van der Waals surface area contributed by atoms with Crippen molar-refractivity contribution in [3.05, 3.63) is 107 Å². The first kappa shape index (κ1) is 22.5. The molecule has 1 unspecified atom stereocenters. The molecule has 5 rings (SSSR count). The quantitative estimate of drug-likeness (QED) is 0.308. The highest BCUT2D eigenvalue weighted by atomic mass is 16.1. The number of nitrogens with one attached hydrogen (secondary N) is 2. The lowest BCUT2D eigenvalue weighted by Crippen LogP contribution is -2.29. The standard InChI is InChI=1S/C28H27N5O2/c34-25(17-5-2-10-18-33-19-29-22-14-7-6-13-21(22)28(33)35)32-26(20-11-3-1-4-12-20)27-30-23-15-8-9-16-24(23)31-27/h1,3-4,6-9,11-16,19,26H,2,5,10,17-18H2,(H,30,31)(H,32,34). The van der Waals surface area contributed by atoms with E-state index < -0.39 is 0 Å². The van der Waals surface area contributed by atoms with Crippen LogP contribution >= 0.6 is 0 Å². The van der Waals surface area contributed by atoms with E-state index in [-0.39, 0.29) is 17.5 Å². The topological polar surface area (TPSA) is 92.7 Å². The largest absolute Gasteiger partial charge is 0.342 e. The van der Waals surface area contributed by atoms with Crippen LogP contribution in [0.5, 0.6) is 0 Å². The number of fused-ring (bicyclic) bond motifs is 2. The fourth-order valence-corrected chi connectivity index (χ4v) is 4.31. The van der Waals surface area contributed by atoms with Crippen LogP contribution in [0.2, 0.25) is 0 Å². The zero-order valence-electron chi connectivity index (χ0n) is 19.4. The number of carbonyl (C=O) groups excluding carboxylic acids is 1. The van der Waals surface area contributed by atoms with Gasteiger partial charge < -0.3 is 10.3 Å². The molecule has 35 heavy (non-hydrogen) atoms. The third-order valence-corrected chi connectivity index (χ3v) is 6.15. The van der Waals surface area contributed by atoms with Crippen molar-refractivity contribution in [2.45, 2.75) is 38.3 Å². The first-order valence-corrected chi connectivity index (χ1v) is 11.9. The second-order valence-electron chi connectivity index (χ2n) is 8.62. The second-order valence-corrected chi connectivity index (χ2v) is 8.62. The Morgan fingerprint density at radius 1 is 0.886 bits per heavy atom. The number of rotatable bonds is 9. The van der Waals surface area contributed by atoms with Crippen LogP contribution in [0.4, 0.5) is 0 Å². The van der Waals surface area contributed by atoms with E-state index in [1.165, 1.54) is 0 Å². The van der Waals surface area contributed by atoms with E-state index in [2.05, 4.69) is 15.3 Å². The average molecular weight is 466 g/mol. The Morgan fingerprint density at radius 2 is 1.63 bits per heavy atom. The minimum absolute atomic E-state index is 0.0233. The Bertz CT molecular complexity index is 1470. The van der Waals surface area contributed by atoms with Gasteiger partial charge in [-0.25, -0.2) is 9.97 Å². The Morgan fingerprint density at radius 3 is 2.46 bits per heavy atom. The van der Waals surface area contributed by atoms with E-state index in [0.29, 0.717) is 29.7 Å². The van der Waals surface area contributed by atoms with Gasteiger partial charge in [0.15, 0.2) is 0 Å². The van der Waals surface area contributed by atoms with Crippen LogP contribution < -0.4 is 10.9 Å². The number of benzene rings is 3. The van der Waals surface area contributed by atoms with E-state index in [0.717, 1.165) is 35.9 Å². The molecule has 0 spiro atoms. The molecule has 1 amide bonds. The molecule has 176 valence electrons. The molecule has 3 aromatic carbocycles. The van der Waals surface area contributed by atoms with Crippen molar-refractivity contribution in [2.24, 2.45) is 0 Å². The number of hydrogen-bond acceptors (Lipinski definition) is 4. The third-order valence-electron chi connectivity index (χ3n) is 6.15. The first-order valence-electron chi connectivity index (χ1n) is 11.9. The zero-order chi connectivity index (χ0) is 24.0. The van der Waals surface area contributed by atoms with E-state index in [1.807, 2.05) is 72.8 Å². The second kappa shape index (κ2) is 10.3. The van der Waals surface area contributed by atoms with Crippen molar-refractivity contribution < 1.29 is 4.79 Å². The van der Waals surface area contributed by atoms with Crippen LogP contribution in [0.1, 0.15) is 43.1 Å². The first-order chi connectivity index (χ1) is 17.2. The molecule has 2 heterocycles. The lowest BCUT2D eigenvalue weighted by Gasteiger charge is -2.17. The summed E-state index contributed by atoms with van der Waals surface area (Å²) in [6.45, 7) is 0.587. The number of nitrogens with zero attached hydrogens (tertiary/aromatic N) is 3. The highest BCUT2D eigenvalue weighted by Gasteiger charge is 2.20. The summed E-state index contributed by atoms with van der Waals surface area (Å²) in [5, 5.41) is 3.78. The number of para-hydroxylation sites is 3. The molecule has 0 aliphatic heterocycles. The predicted molar refractivity (Wildman–Crippen MR) is 137 cm³/mol. The molecule has 2 aromatic heterocycles. The van der Waals surface area contributed by atoms with Gasteiger partial charge in [-0.3, -0.25) is 14.2 Å². The molecule has 0 aliphatic rings. The van der Waals surface area contributed by atoms with Gasteiger partial charge >= 0.3 is 0 Å². The maximum Gasteiger partial charge on any atom is 0.261 e. The third kappa shape index (κ3) is 5.14. The molecule has 0 radical (unpaired) electrons. The summed E-state index contributed by atoms with van der Waals surface area (Å²) in [6.07, 6.45) is 4.40. The van der Waals surface area contributed by atoms with Gasteiger partial charge in [-0.2, -0.15) is 0 Å². The predicted octanol–water partition coefficient (Wildman–Crippen LogP) is 4.74. The molecule has 0 saturated heterocycles. The van der Waals surface area contributed by atoms with Gasteiger partial charge in [0.25, 0.3) is 5.56 Å². The van der Waals surface area contributed by atoms with E-state index in [9.17, 15) is 9.59 Å². The minimum atomic E-state index is -0.349. The summed E-state index contributed by atoms with van der Waals surface area (Å²) in [4.78, 5) is 37.9. The monoisotopic (exact) mass is 465 g/mol. The highest BCUT2D eigenvalue weighted by molar-refractivity contribution is 5.78. The fraction of sp³-hybridized carbons (Fsp3) is 0.214. The lowest BCUT2D eigenvalue weighted by atomic mass is 10.1. The normalized spacial score (nSPS) is 12.1. The van der Waals surface area contributed by atoms with Crippen molar-refractivity contribution >= 4 is 27.8 Å². The van der Waals surface area contributed by atoms with Crippen LogP contribution in [0.3, 0.4) is 0 Å². The van der Waals surface area contributed by atoms with E-state index >= 15 is 0 Å². The highest BCUT2D eigenvalue weighted by Crippen LogP contribution is 2.23.